The third-order valence-electron chi connectivity index (χ3n) is 7.29. The maximum Gasteiger partial charge on any atom is 0.416 e. The molecule has 0 aliphatic carbocycles. The molecule has 2 saturated heterocycles. The monoisotopic (exact) mass is 534 g/mol. The van der Waals surface area contributed by atoms with E-state index in [9.17, 15) is 18.0 Å². The van der Waals surface area contributed by atoms with E-state index in [2.05, 4.69) is 25.6 Å². The van der Waals surface area contributed by atoms with Crippen molar-refractivity contribution in [1.82, 2.24) is 14.8 Å². The number of hydrogen-bond donors (Lipinski definition) is 2. The van der Waals surface area contributed by atoms with Gasteiger partial charge in [-0.15, -0.1) is 0 Å². The van der Waals surface area contributed by atoms with Gasteiger partial charge in [-0.2, -0.15) is 13.2 Å². The van der Waals surface area contributed by atoms with Crippen molar-refractivity contribution in [3.8, 4) is 0 Å². The number of aromatic nitrogens is 1. The SMILES string of the molecule is CONc1ccc(NC2CCN(C(=O)CCCN3CCN(c4ccc(C(F)(F)F)cc4)CC3)CC2)nc1C. The van der Waals surface area contributed by atoms with Crippen LogP contribution in [-0.4, -0.2) is 79.7 Å². The van der Waals surface area contributed by atoms with E-state index in [1.54, 1.807) is 19.2 Å². The van der Waals surface area contributed by atoms with Crippen molar-refractivity contribution in [2.45, 2.75) is 44.8 Å². The Labute approximate surface area is 222 Å². The van der Waals surface area contributed by atoms with Crippen LogP contribution in [0.3, 0.4) is 0 Å². The van der Waals surface area contributed by atoms with Crippen LogP contribution in [-0.2, 0) is 15.8 Å². The topological polar surface area (TPSA) is 73.0 Å². The van der Waals surface area contributed by atoms with Gasteiger partial charge in [-0.25, -0.2) is 4.98 Å². The summed E-state index contributed by atoms with van der Waals surface area (Å²) in [4.78, 5) is 28.7. The van der Waals surface area contributed by atoms with Gasteiger partial charge in [0.15, 0.2) is 0 Å². The number of carbonyl (C=O) groups is 1. The van der Waals surface area contributed by atoms with Crippen molar-refractivity contribution in [3.63, 3.8) is 0 Å². The van der Waals surface area contributed by atoms with E-state index in [-0.39, 0.29) is 11.9 Å². The molecule has 38 heavy (non-hydrogen) atoms. The highest BCUT2D eigenvalue weighted by molar-refractivity contribution is 5.76. The number of benzene rings is 1. The van der Waals surface area contributed by atoms with Gasteiger partial charge in [0, 0.05) is 57.4 Å². The average Bonchev–Trinajstić information content (AvgIpc) is 2.91. The van der Waals surface area contributed by atoms with E-state index < -0.39 is 11.7 Å². The zero-order valence-electron chi connectivity index (χ0n) is 22.1. The number of anilines is 3. The second-order valence-corrected chi connectivity index (χ2v) is 9.91. The fourth-order valence-corrected chi connectivity index (χ4v) is 5.04. The predicted octanol–water partition coefficient (Wildman–Crippen LogP) is 4.39. The van der Waals surface area contributed by atoms with E-state index in [4.69, 9.17) is 4.84 Å². The number of piperidine rings is 1. The largest absolute Gasteiger partial charge is 0.416 e. The van der Waals surface area contributed by atoms with E-state index in [1.807, 2.05) is 24.0 Å². The Morgan fingerprint density at radius 2 is 1.71 bits per heavy atom. The molecule has 0 bridgehead atoms. The van der Waals surface area contributed by atoms with Gasteiger partial charge in [0.1, 0.15) is 5.82 Å². The first-order valence-electron chi connectivity index (χ1n) is 13.2. The van der Waals surface area contributed by atoms with Crippen molar-refractivity contribution >= 4 is 23.1 Å². The maximum atomic E-state index is 12.8. The van der Waals surface area contributed by atoms with Crippen molar-refractivity contribution in [2.75, 3.05) is 68.6 Å². The molecule has 2 aliphatic rings. The molecular formula is C27H37F3N6O2. The van der Waals surface area contributed by atoms with Crippen LogP contribution in [0.25, 0.3) is 0 Å². The Bertz CT molecular complexity index is 1050. The molecule has 1 amide bonds. The van der Waals surface area contributed by atoms with Gasteiger partial charge in [-0.3, -0.25) is 20.0 Å². The first kappa shape index (κ1) is 28.0. The third kappa shape index (κ3) is 7.50. The molecule has 0 atom stereocenters. The lowest BCUT2D eigenvalue weighted by Gasteiger charge is -2.36. The van der Waals surface area contributed by atoms with Gasteiger partial charge in [-0.1, -0.05) is 0 Å². The number of amides is 1. The molecule has 2 fully saturated rings. The van der Waals surface area contributed by atoms with Crippen LogP contribution >= 0.6 is 0 Å². The van der Waals surface area contributed by atoms with Crippen molar-refractivity contribution in [1.29, 1.82) is 0 Å². The molecule has 0 saturated carbocycles. The standard InChI is InChI=1S/C27H37F3N6O2/c1-20-24(33-38-2)9-10-25(31-20)32-22-11-14-36(15-12-22)26(37)4-3-13-34-16-18-35(19-17-34)23-7-5-21(6-8-23)27(28,29)30/h5-10,22,33H,3-4,11-19H2,1-2H3,(H,31,32). The Hall–Kier alpha value is -3.05. The molecular weight excluding hydrogens is 497 g/mol. The Kier molecular flexibility index (Phi) is 9.32. The number of nitrogens with zero attached hydrogens (tertiary/aromatic N) is 4. The van der Waals surface area contributed by atoms with Crippen LogP contribution in [0.15, 0.2) is 36.4 Å². The summed E-state index contributed by atoms with van der Waals surface area (Å²) in [5.41, 5.74) is 4.69. The summed E-state index contributed by atoms with van der Waals surface area (Å²) in [7, 11) is 1.57. The number of nitrogens with one attached hydrogen (secondary N) is 2. The summed E-state index contributed by atoms with van der Waals surface area (Å²) >= 11 is 0. The fourth-order valence-electron chi connectivity index (χ4n) is 5.04. The molecule has 0 spiro atoms. The number of aryl methyl sites for hydroxylation is 1. The molecule has 208 valence electrons. The Morgan fingerprint density at radius 1 is 1.03 bits per heavy atom. The number of halogens is 3. The summed E-state index contributed by atoms with van der Waals surface area (Å²) in [6.07, 6.45) is -1.20. The van der Waals surface area contributed by atoms with Crippen LogP contribution in [0, 0.1) is 6.92 Å². The summed E-state index contributed by atoms with van der Waals surface area (Å²) in [6, 6.07) is 9.52. The van der Waals surface area contributed by atoms with Gasteiger partial charge in [-0.05, 0) is 69.1 Å². The summed E-state index contributed by atoms with van der Waals surface area (Å²) < 4.78 is 38.4. The molecule has 2 aliphatic heterocycles. The number of piperazine rings is 1. The fraction of sp³-hybridized carbons (Fsp3) is 0.556. The Morgan fingerprint density at radius 3 is 2.32 bits per heavy atom. The first-order valence-corrected chi connectivity index (χ1v) is 13.2. The lowest BCUT2D eigenvalue weighted by Crippen LogP contribution is -2.47. The molecule has 3 heterocycles. The maximum absolute atomic E-state index is 12.8. The molecule has 2 N–H and O–H groups in total. The molecule has 8 nitrogen and oxygen atoms in total. The van der Waals surface area contributed by atoms with Gasteiger partial charge in [0.25, 0.3) is 0 Å². The average molecular weight is 535 g/mol. The number of carbonyl (C=O) groups excluding carboxylic acids is 1. The van der Waals surface area contributed by atoms with Gasteiger partial charge in [0.05, 0.1) is 24.1 Å². The quantitative estimate of drug-likeness (QED) is 0.463. The van der Waals surface area contributed by atoms with E-state index in [0.29, 0.717) is 6.42 Å². The summed E-state index contributed by atoms with van der Waals surface area (Å²) in [5, 5.41) is 3.48. The lowest BCUT2D eigenvalue weighted by molar-refractivity contribution is -0.137. The van der Waals surface area contributed by atoms with Crippen molar-refractivity contribution < 1.29 is 22.8 Å². The molecule has 0 unspecified atom stereocenters. The number of alkyl halides is 3. The minimum absolute atomic E-state index is 0.204. The number of pyridine rings is 1. The predicted molar refractivity (Wildman–Crippen MR) is 142 cm³/mol. The summed E-state index contributed by atoms with van der Waals surface area (Å²) in [6.45, 7) is 7.45. The van der Waals surface area contributed by atoms with Crippen molar-refractivity contribution in [3.05, 3.63) is 47.7 Å². The summed E-state index contributed by atoms with van der Waals surface area (Å²) in [5.74, 6) is 1.03. The lowest BCUT2D eigenvalue weighted by atomic mass is 10.0. The van der Waals surface area contributed by atoms with Gasteiger partial charge in [0.2, 0.25) is 5.91 Å². The van der Waals surface area contributed by atoms with Crippen LogP contribution in [0.1, 0.15) is 36.9 Å². The van der Waals surface area contributed by atoms with Crippen LogP contribution in [0.2, 0.25) is 0 Å². The van der Waals surface area contributed by atoms with E-state index in [1.165, 1.54) is 0 Å². The highest BCUT2D eigenvalue weighted by Gasteiger charge is 2.30. The highest BCUT2D eigenvalue weighted by Crippen LogP contribution is 2.30. The molecule has 1 aromatic heterocycles. The van der Waals surface area contributed by atoms with E-state index >= 15 is 0 Å². The highest BCUT2D eigenvalue weighted by atomic mass is 19.4. The third-order valence-corrected chi connectivity index (χ3v) is 7.29. The van der Waals surface area contributed by atoms with Gasteiger partial charge < -0.3 is 15.1 Å². The normalized spacial score (nSPS) is 17.5. The second kappa shape index (κ2) is 12.7. The molecule has 2 aromatic rings. The molecule has 1 aromatic carbocycles. The minimum Gasteiger partial charge on any atom is -0.369 e. The smallest absolute Gasteiger partial charge is 0.369 e. The zero-order chi connectivity index (χ0) is 27.1. The Balaban J connectivity index is 1.12. The zero-order valence-corrected chi connectivity index (χ0v) is 22.1. The minimum atomic E-state index is -4.31. The van der Waals surface area contributed by atoms with Crippen LogP contribution in [0.4, 0.5) is 30.4 Å². The van der Waals surface area contributed by atoms with Crippen LogP contribution < -0.4 is 15.7 Å². The van der Waals surface area contributed by atoms with Crippen LogP contribution in [0.5, 0.6) is 0 Å². The molecule has 0 radical (unpaired) electrons. The molecule has 4 rings (SSSR count). The second-order valence-electron chi connectivity index (χ2n) is 9.91. The number of hydrogen-bond acceptors (Lipinski definition) is 7. The first-order chi connectivity index (χ1) is 18.2. The van der Waals surface area contributed by atoms with Gasteiger partial charge >= 0.3 is 6.18 Å². The molecule has 11 heteroatoms. The number of likely N-dealkylation sites (tertiary alicyclic amines) is 1. The van der Waals surface area contributed by atoms with E-state index in [0.717, 1.165) is 100 Å². The number of rotatable bonds is 9. The van der Waals surface area contributed by atoms with Crippen molar-refractivity contribution in [2.24, 2.45) is 0 Å².